The molecule has 14 heavy (non-hydrogen) atoms. The average molecular weight is 206 g/mol. The third-order valence-electron chi connectivity index (χ3n) is 1.13. The molecule has 0 aliphatic heterocycles. The summed E-state index contributed by atoms with van der Waals surface area (Å²) >= 11 is 0. The predicted octanol–water partition coefficient (Wildman–Crippen LogP) is 2.25. The zero-order valence-electron chi connectivity index (χ0n) is 9.33. The van der Waals surface area contributed by atoms with Crippen LogP contribution in [0.25, 0.3) is 0 Å². The number of rotatable bonds is 4. The van der Waals surface area contributed by atoms with Crippen LogP contribution in [0.5, 0.6) is 0 Å². The van der Waals surface area contributed by atoms with Crippen molar-refractivity contribution in [2.24, 2.45) is 0 Å². The highest BCUT2D eigenvalue weighted by Crippen LogP contribution is 2.11. The molecule has 0 amide bonds. The zero-order chi connectivity index (χ0) is 11.2. The van der Waals surface area contributed by atoms with Crippen molar-refractivity contribution in [2.75, 3.05) is 7.11 Å². The Morgan fingerprint density at radius 3 is 2.29 bits per heavy atom. The Kier molecular flexibility index (Phi) is 5.49. The van der Waals surface area contributed by atoms with Crippen LogP contribution in [0.2, 0.25) is 0 Å². The Labute approximate surface area is 84.2 Å². The molecule has 0 saturated carbocycles. The molecule has 0 radical (unpaired) electrons. The van der Waals surface area contributed by atoms with Gasteiger partial charge in [0.1, 0.15) is 0 Å². The molecule has 0 fully saturated rings. The van der Waals surface area contributed by atoms with Gasteiger partial charge in [-0.15, -0.1) is 0 Å². The molecule has 0 heterocycles. The average Bonchev–Trinajstić information content (AvgIpc) is 2.10. The summed E-state index contributed by atoms with van der Waals surface area (Å²) in [4.78, 5) is 20.6. The molecular weight excluding hydrogens is 188 g/mol. The fraction of sp³-hybridized carbons (Fsp3) is 0.889. The maximum atomic E-state index is 10.7. The molecule has 0 aliphatic carbocycles. The van der Waals surface area contributed by atoms with Crippen molar-refractivity contribution >= 4 is 6.16 Å². The van der Waals surface area contributed by atoms with Gasteiger partial charge in [-0.25, -0.2) is 9.68 Å². The van der Waals surface area contributed by atoms with Gasteiger partial charge in [-0.1, -0.05) is 6.92 Å². The topological polar surface area (TPSA) is 54.0 Å². The fourth-order valence-electron chi connectivity index (χ4n) is 0.524. The molecule has 0 aromatic heterocycles. The summed E-state index contributed by atoms with van der Waals surface area (Å²) in [6.07, 6.45) is -1.03. The highest BCUT2D eigenvalue weighted by molar-refractivity contribution is 5.59. The summed E-state index contributed by atoms with van der Waals surface area (Å²) in [6, 6.07) is 0. The highest BCUT2D eigenvalue weighted by atomic mass is 17.2. The van der Waals surface area contributed by atoms with Crippen LogP contribution >= 0.6 is 0 Å². The van der Waals surface area contributed by atoms with E-state index in [-0.39, 0.29) is 0 Å². The molecule has 1 unspecified atom stereocenters. The van der Waals surface area contributed by atoms with Crippen LogP contribution in [0.1, 0.15) is 34.1 Å². The van der Waals surface area contributed by atoms with E-state index in [1.165, 1.54) is 7.11 Å². The van der Waals surface area contributed by atoms with Crippen molar-refractivity contribution in [1.82, 2.24) is 0 Å². The summed E-state index contributed by atoms with van der Waals surface area (Å²) in [6.45, 7) is 7.30. The summed E-state index contributed by atoms with van der Waals surface area (Å²) in [5, 5.41) is 0. The number of hydrogen-bond donors (Lipinski definition) is 0. The molecule has 0 rings (SSSR count). The molecule has 0 aliphatic rings. The van der Waals surface area contributed by atoms with Crippen molar-refractivity contribution in [3.05, 3.63) is 0 Å². The van der Waals surface area contributed by atoms with Gasteiger partial charge >= 0.3 is 6.16 Å². The van der Waals surface area contributed by atoms with Gasteiger partial charge in [-0.2, -0.15) is 4.89 Å². The van der Waals surface area contributed by atoms with E-state index < -0.39 is 18.0 Å². The smallest absolute Gasteiger partial charge is 0.438 e. The van der Waals surface area contributed by atoms with Gasteiger partial charge in [-0.3, -0.25) is 0 Å². The molecule has 0 N–H and O–H groups in total. The summed E-state index contributed by atoms with van der Waals surface area (Å²) < 4.78 is 9.05. The lowest BCUT2D eigenvalue weighted by Crippen LogP contribution is -2.27. The first-order chi connectivity index (χ1) is 6.39. The maximum absolute atomic E-state index is 10.7. The Morgan fingerprint density at radius 2 is 1.93 bits per heavy atom. The van der Waals surface area contributed by atoms with Gasteiger partial charge in [-0.05, 0) is 20.8 Å². The van der Waals surface area contributed by atoms with E-state index in [1.807, 2.05) is 20.8 Å². The van der Waals surface area contributed by atoms with Gasteiger partial charge in [0.05, 0.1) is 12.7 Å². The minimum atomic E-state index is -0.783. The minimum Gasteiger partial charge on any atom is -0.438 e. The monoisotopic (exact) mass is 206 g/mol. The van der Waals surface area contributed by atoms with Crippen molar-refractivity contribution < 1.29 is 24.0 Å². The van der Waals surface area contributed by atoms with Crippen LogP contribution in [-0.4, -0.2) is 25.2 Å². The van der Waals surface area contributed by atoms with E-state index in [2.05, 4.69) is 4.74 Å². The number of carbonyl (C=O) groups excluding carboxylic acids is 1. The minimum absolute atomic E-state index is 0.438. The molecule has 5 heteroatoms. The van der Waals surface area contributed by atoms with E-state index in [0.717, 1.165) is 0 Å². The van der Waals surface area contributed by atoms with Crippen molar-refractivity contribution in [3.63, 3.8) is 0 Å². The first-order valence-corrected chi connectivity index (χ1v) is 4.48. The van der Waals surface area contributed by atoms with E-state index in [9.17, 15) is 4.79 Å². The van der Waals surface area contributed by atoms with E-state index in [0.29, 0.717) is 6.42 Å². The summed E-state index contributed by atoms with van der Waals surface area (Å²) in [5.41, 5.74) is -0.438. The van der Waals surface area contributed by atoms with Crippen molar-refractivity contribution in [2.45, 2.75) is 46.0 Å². The molecular formula is C9H18O5. The predicted molar refractivity (Wildman–Crippen MR) is 49.5 cm³/mol. The highest BCUT2D eigenvalue weighted by Gasteiger charge is 2.18. The number of methoxy groups -OCH3 is 1. The Balaban J connectivity index is 3.86. The summed E-state index contributed by atoms with van der Waals surface area (Å²) in [5.74, 6) is 0. The number of hydrogen-bond acceptors (Lipinski definition) is 5. The fourth-order valence-corrected chi connectivity index (χ4v) is 0.524. The van der Waals surface area contributed by atoms with E-state index in [4.69, 9.17) is 14.5 Å². The van der Waals surface area contributed by atoms with Gasteiger partial charge in [0.2, 0.25) is 6.29 Å². The Bertz CT molecular complexity index is 173. The molecule has 84 valence electrons. The first kappa shape index (κ1) is 13.2. The van der Waals surface area contributed by atoms with Gasteiger partial charge in [0.25, 0.3) is 0 Å². The first-order valence-electron chi connectivity index (χ1n) is 4.48. The molecule has 0 bridgehead atoms. The van der Waals surface area contributed by atoms with Crippen LogP contribution in [-0.2, 0) is 19.2 Å². The zero-order valence-corrected chi connectivity index (χ0v) is 9.33. The van der Waals surface area contributed by atoms with Crippen LogP contribution in [0.4, 0.5) is 4.79 Å². The van der Waals surface area contributed by atoms with Crippen molar-refractivity contribution in [3.8, 4) is 0 Å². The number of ether oxygens (including phenoxy) is 2. The third-order valence-corrected chi connectivity index (χ3v) is 1.13. The van der Waals surface area contributed by atoms with Gasteiger partial charge < -0.3 is 9.47 Å². The molecule has 5 nitrogen and oxygen atoms in total. The van der Waals surface area contributed by atoms with Crippen LogP contribution in [0.3, 0.4) is 0 Å². The number of carbonyl (C=O) groups is 1. The second-order valence-corrected chi connectivity index (χ2v) is 3.70. The molecule has 1 atom stereocenters. The quantitative estimate of drug-likeness (QED) is 0.305. The second kappa shape index (κ2) is 5.82. The maximum Gasteiger partial charge on any atom is 0.510 e. The van der Waals surface area contributed by atoms with Crippen LogP contribution in [0, 0.1) is 0 Å². The molecule has 0 spiro atoms. The largest absolute Gasteiger partial charge is 0.510 e. The van der Waals surface area contributed by atoms with Gasteiger partial charge in [0.15, 0.2) is 0 Å². The Hall–Kier alpha value is -0.810. The SMILES string of the molecule is CCC(OOC(C)(C)C)OC(=O)OC. The lowest BCUT2D eigenvalue weighted by atomic mass is 10.2. The second-order valence-electron chi connectivity index (χ2n) is 3.70. The van der Waals surface area contributed by atoms with Crippen LogP contribution in [0.15, 0.2) is 0 Å². The lowest BCUT2D eigenvalue weighted by Gasteiger charge is -2.21. The molecule has 0 aromatic carbocycles. The van der Waals surface area contributed by atoms with E-state index >= 15 is 0 Å². The van der Waals surface area contributed by atoms with Crippen LogP contribution < -0.4 is 0 Å². The van der Waals surface area contributed by atoms with Gasteiger partial charge in [0, 0.05) is 6.42 Å². The standard InChI is InChI=1S/C9H18O5/c1-6-7(12-8(10)11-5)13-14-9(2,3)4/h7H,6H2,1-5H3. The third kappa shape index (κ3) is 6.68. The lowest BCUT2D eigenvalue weighted by molar-refractivity contribution is -0.408. The molecule has 0 aromatic rings. The van der Waals surface area contributed by atoms with Crippen molar-refractivity contribution in [1.29, 1.82) is 0 Å². The summed E-state index contributed by atoms with van der Waals surface area (Å²) in [7, 11) is 1.24. The Morgan fingerprint density at radius 1 is 1.36 bits per heavy atom. The normalized spacial score (nSPS) is 13.5. The molecule has 0 saturated heterocycles. The van der Waals surface area contributed by atoms with E-state index in [1.54, 1.807) is 6.92 Å².